The van der Waals surface area contributed by atoms with Gasteiger partial charge in [-0.25, -0.2) is 0 Å². The van der Waals surface area contributed by atoms with Gasteiger partial charge in [-0.1, -0.05) is 142 Å². The van der Waals surface area contributed by atoms with Crippen molar-refractivity contribution >= 4 is 17.1 Å². The minimum atomic E-state index is -0.261. The molecular weight excluding hydrogens is 506 g/mol. The van der Waals surface area contributed by atoms with E-state index >= 15 is 0 Å². The third-order valence-corrected chi connectivity index (χ3v) is 10.8. The lowest BCUT2D eigenvalue weighted by Crippen LogP contribution is -2.39. The molecule has 42 heavy (non-hydrogen) atoms. The highest BCUT2D eigenvalue weighted by Crippen LogP contribution is 2.69. The van der Waals surface area contributed by atoms with E-state index in [2.05, 4.69) is 165 Å². The monoisotopic (exact) mass is 539 g/mol. The van der Waals surface area contributed by atoms with Gasteiger partial charge in [0.15, 0.2) is 0 Å². The lowest BCUT2D eigenvalue weighted by atomic mass is 9.61. The smallest absolute Gasteiger partial charge is 0.0541 e. The molecule has 0 aromatic heterocycles. The second-order valence-electron chi connectivity index (χ2n) is 13.1. The highest BCUT2D eigenvalue weighted by Gasteiger charge is 2.62. The van der Waals surface area contributed by atoms with Gasteiger partial charge in [-0.3, -0.25) is 0 Å². The number of rotatable bonds is 1. The van der Waals surface area contributed by atoms with E-state index < -0.39 is 0 Å². The molecule has 1 nitrogen and oxygen atoms in total. The van der Waals surface area contributed by atoms with Gasteiger partial charge in [0.1, 0.15) is 0 Å². The summed E-state index contributed by atoms with van der Waals surface area (Å²) >= 11 is 0. The van der Waals surface area contributed by atoms with Crippen LogP contribution in [-0.2, 0) is 16.2 Å². The average molecular weight is 540 g/mol. The maximum atomic E-state index is 2.56. The Labute approximate surface area is 248 Å². The molecular formula is C41H33N. The summed E-state index contributed by atoms with van der Waals surface area (Å²) in [5, 5.41) is 0. The van der Waals surface area contributed by atoms with E-state index in [1.807, 2.05) is 0 Å². The van der Waals surface area contributed by atoms with Gasteiger partial charge < -0.3 is 4.90 Å². The van der Waals surface area contributed by atoms with Gasteiger partial charge in [-0.2, -0.15) is 0 Å². The second-order valence-corrected chi connectivity index (χ2v) is 13.1. The second kappa shape index (κ2) is 8.01. The number of hydrogen-bond donors (Lipinski definition) is 0. The molecule has 4 aliphatic rings. The Morgan fingerprint density at radius 1 is 0.500 bits per heavy atom. The minimum Gasteiger partial charge on any atom is -0.310 e. The average Bonchev–Trinajstić information content (AvgIpc) is 3.45. The van der Waals surface area contributed by atoms with Gasteiger partial charge >= 0.3 is 0 Å². The number of nitrogens with zero attached hydrogens (tertiary/aromatic N) is 1. The Balaban J connectivity index is 1.42. The van der Waals surface area contributed by atoms with Crippen LogP contribution in [0.4, 0.5) is 17.1 Å². The quantitative estimate of drug-likeness (QED) is 0.205. The lowest BCUT2D eigenvalue weighted by Gasteiger charge is -2.43. The number of anilines is 3. The molecule has 1 heterocycles. The third kappa shape index (κ3) is 2.66. The molecule has 0 radical (unpaired) electrons. The first-order chi connectivity index (χ1) is 20.5. The van der Waals surface area contributed by atoms with Crippen LogP contribution in [0, 0.1) is 5.92 Å². The van der Waals surface area contributed by atoms with E-state index in [0.717, 1.165) is 0 Å². The van der Waals surface area contributed by atoms with Gasteiger partial charge in [0.05, 0.1) is 22.5 Å². The number of para-hydroxylation sites is 2. The zero-order valence-electron chi connectivity index (χ0n) is 24.3. The van der Waals surface area contributed by atoms with Gasteiger partial charge in [0.25, 0.3) is 0 Å². The molecule has 9 rings (SSSR count). The van der Waals surface area contributed by atoms with E-state index in [1.165, 1.54) is 61.6 Å². The zero-order valence-corrected chi connectivity index (χ0v) is 24.3. The molecule has 0 N–H and O–H groups in total. The molecule has 5 aromatic carbocycles. The number of hydrogen-bond acceptors (Lipinski definition) is 1. The fraction of sp³-hybridized carbons (Fsp3) is 0.171. The Morgan fingerprint density at radius 2 is 1.00 bits per heavy atom. The normalized spacial score (nSPS) is 22.6. The molecule has 1 spiro atoms. The number of fused-ring (bicyclic) bond motifs is 12. The molecule has 202 valence electrons. The Morgan fingerprint density at radius 3 is 1.62 bits per heavy atom. The Bertz CT molecular complexity index is 1910. The van der Waals surface area contributed by atoms with E-state index in [9.17, 15) is 0 Å². The maximum Gasteiger partial charge on any atom is 0.0541 e. The van der Waals surface area contributed by atoms with Crippen LogP contribution in [-0.4, -0.2) is 0 Å². The summed E-state index contributed by atoms with van der Waals surface area (Å²) in [6.07, 6.45) is 9.51. The molecule has 2 atom stereocenters. The van der Waals surface area contributed by atoms with Crippen LogP contribution in [0.15, 0.2) is 140 Å². The van der Waals surface area contributed by atoms with Crippen molar-refractivity contribution in [2.24, 2.45) is 5.92 Å². The standard InChI is InChI=1S/C41H33N/c1-39(2)31-19-8-10-22-34(31)42(35-23-11-9-20-32(35)39)36-24-14-21-33-38(36)40(3)26-13-12-25-37(40)41(33)29-17-6-4-15-27(29)28-16-5-7-18-30(28)41/h4-26,37H,1-3H3. The highest BCUT2D eigenvalue weighted by molar-refractivity contribution is 5.92. The van der Waals surface area contributed by atoms with Gasteiger partial charge in [-0.05, 0) is 62.7 Å². The van der Waals surface area contributed by atoms with Crippen molar-refractivity contribution in [3.05, 3.63) is 173 Å². The summed E-state index contributed by atoms with van der Waals surface area (Å²) in [5.41, 5.74) is 14.5. The zero-order chi connectivity index (χ0) is 28.3. The molecule has 2 unspecified atom stereocenters. The van der Waals surface area contributed by atoms with Gasteiger partial charge in [-0.15, -0.1) is 0 Å². The molecule has 0 saturated carbocycles. The summed E-state index contributed by atoms with van der Waals surface area (Å²) in [6.45, 7) is 7.21. The Hall–Kier alpha value is -4.62. The largest absolute Gasteiger partial charge is 0.310 e. The minimum absolute atomic E-state index is 0.0912. The van der Waals surface area contributed by atoms with Crippen molar-refractivity contribution in [1.29, 1.82) is 0 Å². The first kappa shape index (κ1) is 24.0. The van der Waals surface area contributed by atoms with Crippen LogP contribution in [0.25, 0.3) is 11.1 Å². The summed E-state index contributed by atoms with van der Waals surface area (Å²) in [6, 6.07) is 43.4. The SMILES string of the molecule is CC1(C)c2ccccc2N(c2cccc3c2C2(C)C=CC=CC2C32c3ccccc3-c3ccccc32)c2ccccc21. The predicted octanol–water partition coefficient (Wildman–Crippen LogP) is 10.1. The summed E-state index contributed by atoms with van der Waals surface area (Å²) in [4.78, 5) is 2.56. The molecule has 0 amide bonds. The van der Waals surface area contributed by atoms with E-state index in [-0.39, 0.29) is 22.2 Å². The summed E-state index contributed by atoms with van der Waals surface area (Å²) < 4.78 is 0. The van der Waals surface area contributed by atoms with E-state index in [4.69, 9.17) is 0 Å². The Kier molecular flexibility index (Phi) is 4.58. The number of benzene rings is 5. The van der Waals surface area contributed by atoms with E-state index in [1.54, 1.807) is 0 Å². The highest BCUT2D eigenvalue weighted by atomic mass is 15.2. The van der Waals surface area contributed by atoms with Gasteiger partial charge in [0, 0.05) is 16.7 Å². The fourth-order valence-electron chi connectivity index (χ4n) is 9.18. The van der Waals surface area contributed by atoms with Crippen LogP contribution in [0.5, 0.6) is 0 Å². The molecule has 1 aliphatic heterocycles. The maximum absolute atomic E-state index is 2.56. The van der Waals surface area contributed by atoms with Crippen molar-refractivity contribution in [1.82, 2.24) is 0 Å². The molecule has 1 heteroatoms. The van der Waals surface area contributed by atoms with Crippen LogP contribution in [0.2, 0.25) is 0 Å². The number of allylic oxidation sites excluding steroid dienone is 4. The van der Waals surface area contributed by atoms with E-state index in [0.29, 0.717) is 0 Å². The molecule has 3 aliphatic carbocycles. The van der Waals surface area contributed by atoms with Crippen molar-refractivity contribution in [3.8, 4) is 11.1 Å². The van der Waals surface area contributed by atoms with Crippen LogP contribution >= 0.6 is 0 Å². The van der Waals surface area contributed by atoms with Crippen molar-refractivity contribution in [2.45, 2.75) is 37.0 Å². The molecule has 0 bridgehead atoms. The van der Waals surface area contributed by atoms with Crippen molar-refractivity contribution in [3.63, 3.8) is 0 Å². The van der Waals surface area contributed by atoms with Crippen molar-refractivity contribution < 1.29 is 0 Å². The summed E-state index contributed by atoms with van der Waals surface area (Å²) in [5.74, 6) is 0.252. The van der Waals surface area contributed by atoms with Crippen LogP contribution < -0.4 is 4.90 Å². The molecule has 5 aromatic rings. The van der Waals surface area contributed by atoms with Crippen molar-refractivity contribution in [2.75, 3.05) is 4.90 Å². The molecule has 0 saturated heterocycles. The van der Waals surface area contributed by atoms with Crippen LogP contribution in [0.1, 0.15) is 54.2 Å². The first-order valence-electron chi connectivity index (χ1n) is 15.2. The molecule has 0 fully saturated rings. The third-order valence-electron chi connectivity index (χ3n) is 10.8. The fourth-order valence-corrected chi connectivity index (χ4v) is 9.18. The van der Waals surface area contributed by atoms with Gasteiger partial charge in [0.2, 0.25) is 0 Å². The lowest BCUT2D eigenvalue weighted by molar-refractivity contribution is 0.372. The predicted molar refractivity (Wildman–Crippen MR) is 174 cm³/mol. The summed E-state index contributed by atoms with van der Waals surface area (Å²) in [7, 11) is 0. The topological polar surface area (TPSA) is 3.24 Å². The first-order valence-corrected chi connectivity index (χ1v) is 15.2. The van der Waals surface area contributed by atoms with Crippen LogP contribution in [0.3, 0.4) is 0 Å².